The Labute approximate surface area is 663 Å². The van der Waals surface area contributed by atoms with E-state index in [2.05, 4.69) is 45.1 Å². The van der Waals surface area contributed by atoms with E-state index >= 15 is 0 Å². The first-order chi connectivity index (χ1) is 55.3. The van der Waals surface area contributed by atoms with E-state index in [0.717, 1.165) is 42.5 Å². The first-order valence-electron chi connectivity index (χ1n) is 35.2. The lowest BCUT2D eigenvalue weighted by molar-refractivity contribution is -0.151. The molecule has 0 aliphatic heterocycles. The van der Waals surface area contributed by atoms with E-state index in [9.17, 15) is 99.4 Å². The Morgan fingerprint density at radius 2 is 0.718 bits per heavy atom. The van der Waals surface area contributed by atoms with Crippen LogP contribution in [0.5, 0.6) is 5.75 Å². The number of anilines is 1. The van der Waals surface area contributed by atoms with Crippen LogP contribution in [-0.4, -0.2) is 120 Å². The summed E-state index contributed by atoms with van der Waals surface area (Å²) >= 11 is 0. The molecule has 6 N–H and O–H groups in total. The molecule has 0 saturated heterocycles. The lowest BCUT2D eigenvalue weighted by atomic mass is 10.0. The third-order valence-corrected chi connectivity index (χ3v) is 16.2. The average molecular weight is 1670 g/mol. The number of nitrogens with two attached hydrogens (primary N) is 1. The van der Waals surface area contributed by atoms with Crippen LogP contribution in [0.1, 0.15) is 91.8 Å². The van der Waals surface area contributed by atoms with Crippen LogP contribution in [0.15, 0.2) is 146 Å². The number of alkyl carbamates (subject to hydrolysis) is 1. The lowest BCUT2D eigenvalue weighted by Crippen LogP contribution is -2.42. The molecule has 0 heterocycles. The Kier molecular flexibility index (Phi) is 41.3. The summed E-state index contributed by atoms with van der Waals surface area (Å²) in [7, 11) is 7.47. The minimum absolute atomic E-state index is 0.00312. The van der Waals surface area contributed by atoms with Crippen molar-refractivity contribution in [3.05, 3.63) is 272 Å². The first-order valence-corrected chi connectivity index (χ1v) is 35.2. The van der Waals surface area contributed by atoms with Gasteiger partial charge in [0, 0.05) is 79.2 Å². The Bertz CT molecular complexity index is 4580. The zero-order valence-electron chi connectivity index (χ0n) is 64.6. The van der Waals surface area contributed by atoms with Crippen LogP contribution in [-0.2, 0) is 107 Å². The molecule has 0 aliphatic carbocycles. The number of halogens is 15. The standard InChI is InChI=1S/2C18H18F3NO3.C18H18F3NO2.C17H20F3NO5.C11H12F3NO2/c1-24-14-5-3-12(4-6-14)22-13(9-18(23)25-2)7-11-8-16(20)17(21)10-15(11)19;1-24-18(23)9-14(22-25-11-12-5-3-2-4-6-12)7-13-8-16(20)17(21)10-15(13)19;1-24-18(23)9-14(22-11-12-5-3-2-4-6-12)7-13-8-16(20)17(21)10-15(13)19;1-17(2,3)26-16(24)21-10(7-14(22)15(23)25-4)5-9-6-12(19)13(20)8-11(9)18;1-17-11(16)4-7(15)2-6-3-9(13)10(14)5-8(6)12/h3-6,8,10,13,22H,7,9H2,1-2H3;2-6,8,10,14,22H,7,9,11H2,1H3;2-6,8,10,14,22H,7,9,11H2,1H3;6,8,10H,5,7H2,1-4H3,(H,21,24);3,5,7H,2,4,15H2,1H3. The number of hydroxylamine groups is 1. The molecule has 5 atom stereocenters. The minimum Gasteiger partial charge on any atom is -0.497 e. The number of carbonyl (C=O) groups is 7. The highest BCUT2D eigenvalue weighted by Gasteiger charge is 2.28. The number of amides is 1. The lowest BCUT2D eigenvalue weighted by Gasteiger charge is -2.23. The number of hydrogen-bond donors (Lipinski definition) is 5. The molecule has 0 spiro atoms. The second-order valence-electron chi connectivity index (χ2n) is 26.4. The molecule has 8 aromatic carbocycles. The van der Waals surface area contributed by atoms with Gasteiger partial charge in [-0.15, -0.1) is 0 Å². The molecule has 8 rings (SSSR count). The molecular weight excluding hydrogens is 1580 g/mol. The third-order valence-electron chi connectivity index (χ3n) is 16.2. The molecule has 20 nitrogen and oxygen atoms in total. The number of methoxy groups -OCH3 is 6. The predicted octanol–water partition coefficient (Wildman–Crippen LogP) is 14.6. The molecule has 0 aromatic heterocycles. The van der Waals surface area contributed by atoms with Crippen LogP contribution < -0.4 is 31.9 Å². The van der Waals surface area contributed by atoms with Crippen molar-refractivity contribution in [2.75, 3.05) is 48.0 Å². The summed E-state index contributed by atoms with van der Waals surface area (Å²) in [6.07, 6.45) is -2.28. The molecule has 117 heavy (non-hydrogen) atoms. The Hall–Kier alpha value is -11.6. The van der Waals surface area contributed by atoms with Gasteiger partial charge in [0.05, 0.1) is 74.9 Å². The van der Waals surface area contributed by atoms with Gasteiger partial charge in [0.15, 0.2) is 58.2 Å². The highest BCUT2D eigenvalue weighted by molar-refractivity contribution is 6.33. The van der Waals surface area contributed by atoms with Crippen molar-refractivity contribution in [3.63, 3.8) is 0 Å². The summed E-state index contributed by atoms with van der Waals surface area (Å²) in [5.41, 5.74) is 9.48. The topological polar surface area (TPSA) is 267 Å². The molecule has 0 radical (unpaired) electrons. The molecule has 0 fully saturated rings. The van der Waals surface area contributed by atoms with E-state index in [1.807, 2.05) is 60.7 Å². The monoisotopic (exact) mass is 1670 g/mol. The Morgan fingerprint density at radius 3 is 1.10 bits per heavy atom. The minimum atomic E-state index is -1.37. The Morgan fingerprint density at radius 1 is 0.376 bits per heavy atom. The maximum Gasteiger partial charge on any atom is 0.407 e. The number of ketones is 1. The van der Waals surface area contributed by atoms with Crippen molar-refractivity contribution in [1.29, 1.82) is 0 Å². The molecule has 35 heteroatoms. The van der Waals surface area contributed by atoms with Crippen molar-refractivity contribution in [3.8, 4) is 5.75 Å². The summed E-state index contributed by atoms with van der Waals surface area (Å²) in [6, 6.07) is 28.1. The fourth-order valence-corrected chi connectivity index (χ4v) is 10.4. The predicted molar refractivity (Wildman–Crippen MR) is 395 cm³/mol. The third kappa shape index (κ3) is 36.0. The largest absolute Gasteiger partial charge is 0.497 e. The van der Waals surface area contributed by atoms with Crippen LogP contribution in [0, 0.1) is 87.3 Å². The number of benzene rings is 8. The van der Waals surface area contributed by atoms with Crippen LogP contribution in [0.3, 0.4) is 0 Å². The van der Waals surface area contributed by atoms with Gasteiger partial charge in [0.25, 0.3) is 0 Å². The molecule has 0 aliphatic rings. The maximum absolute atomic E-state index is 13.9. The van der Waals surface area contributed by atoms with Gasteiger partial charge in [-0.3, -0.25) is 28.8 Å². The summed E-state index contributed by atoms with van der Waals surface area (Å²) in [4.78, 5) is 85.8. The summed E-state index contributed by atoms with van der Waals surface area (Å²) in [6.45, 7) is 5.50. The van der Waals surface area contributed by atoms with Gasteiger partial charge < -0.3 is 54.8 Å². The van der Waals surface area contributed by atoms with Gasteiger partial charge in [0.1, 0.15) is 40.4 Å². The number of rotatable bonds is 32. The molecule has 0 saturated carbocycles. The summed E-state index contributed by atoms with van der Waals surface area (Å²) in [5.74, 6) is -20.3. The summed E-state index contributed by atoms with van der Waals surface area (Å²) < 4.78 is 232. The van der Waals surface area contributed by atoms with Crippen LogP contribution >= 0.6 is 0 Å². The number of carbonyl (C=O) groups excluding carboxylic acids is 7. The highest BCUT2D eigenvalue weighted by atomic mass is 19.2. The molecule has 0 bridgehead atoms. The quantitative estimate of drug-likeness (QED) is 0.00655. The second kappa shape index (κ2) is 49.4. The molecule has 1 amide bonds. The van der Waals surface area contributed by atoms with Gasteiger partial charge in [0.2, 0.25) is 5.78 Å². The van der Waals surface area contributed by atoms with Crippen molar-refractivity contribution in [2.24, 2.45) is 5.73 Å². The Balaban J connectivity index is 0.000000310. The molecule has 8 aromatic rings. The first kappa shape index (κ1) is 97.8. The molecule has 5 unspecified atom stereocenters. The van der Waals surface area contributed by atoms with Gasteiger partial charge in [-0.2, -0.15) is 5.48 Å². The van der Waals surface area contributed by atoms with Crippen LogP contribution in [0.2, 0.25) is 0 Å². The van der Waals surface area contributed by atoms with E-state index < -0.39 is 171 Å². The summed E-state index contributed by atoms with van der Waals surface area (Å²) in [5, 5.41) is 8.51. The van der Waals surface area contributed by atoms with Crippen molar-refractivity contribution < 1.29 is 137 Å². The normalized spacial score (nSPS) is 12.0. The average Bonchev–Trinajstić information content (AvgIpc) is 0.866. The second-order valence-corrected chi connectivity index (χ2v) is 26.4. The van der Waals surface area contributed by atoms with E-state index in [1.165, 1.54) is 35.5 Å². The van der Waals surface area contributed by atoms with E-state index in [0.29, 0.717) is 54.4 Å². The van der Waals surface area contributed by atoms with Crippen LogP contribution in [0.4, 0.5) is 76.3 Å². The number of Topliss-reactive ketones (excluding diaryl/α,β-unsaturated/α-hetero) is 1. The number of hydrogen-bond acceptors (Lipinski definition) is 19. The number of esters is 5. The smallest absolute Gasteiger partial charge is 0.407 e. The zero-order chi connectivity index (χ0) is 87.2. The number of nitrogens with one attached hydrogen (secondary N) is 4. The van der Waals surface area contributed by atoms with Crippen molar-refractivity contribution in [1.82, 2.24) is 16.1 Å². The molecular formula is C82H86F15N5O15. The molecule has 634 valence electrons. The SMILES string of the molecule is COC(=O)C(=O)CC(Cc1cc(F)c(F)cc1F)NC(=O)OC(C)(C)C.COC(=O)CC(Cc1cc(F)c(F)cc1F)NCc1ccccc1.COC(=O)CC(Cc1cc(F)c(F)cc1F)NOCc1ccccc1.COC(=O)CC(Cc1cc(F)c(F)cc1F)Nc1ccc(OC)cc1.COC(=O)CC(N)Cc1cc(F)c(F)cc1F. The fraction of sp³-hybridized carbons (Fsp3) is 0.329. The van der Waals surface area contributed by atoms with Crippen molar-refractivity contribution >= 4 is 47.4 Å². The van der Waals surface area contributed by atoms with Gasteiger partial charge in [-0.25, -0.2) is 75.4 Å². The van der Waals surface area contributed by atoms with E-state index in [4.69, 9.17) is 20.0 Å². The van der Waals surface area contributed by atoms with Crippen LogP contribution in [0.25, 0.3) is 0 Å². The van der Waals surface area contributed by atoms with Gasteiger partial charge in [-0.05, 0) is 146 Å². The maximum atomic E-state index is 13.9. The van der Waals surface area contributed by atoms with Gasteiger partial charge >= 0.3 is 35.9 Å². The van der Waals surface area contributed by atoms with Gasteiger partial charge in [-0.1, -0.05) is 60.7 Å². The van der Waals surface area contributed by atoms with E-state index in [1.54, 1.807) is 45.0 Å². The number of ether oxygens (including phenoxy) is 7. The highest BCUT2D eigenvalue weighted by Crippen LogP contribution is 2.25. The van der Waals surface area contributed by atoms with Crippen molar-refractivity contribution in [2.45, 2.75) is 134 Å². The fourth-order valence-electron chi connectivity index (χ4n) is 10.4. The van der Waals surface area contributed by atoms with E-state index in [-0.39, 0.29) is 92.2 Å². The zero-order valence-corrected chi connectivity index (χ0v) is 64.6.